The second kappa shape index (κ2) is 6.25. The molecular formula is C8H14ClN3O6. The van der Waals surface area contributed by atoms with Crippen molar-refractivity contribution in [2.45, 2.75) is 30.5 Å². The molecule has 18 heavy (non-hydrogen) atoms. The number of nitroso groups, excluding NO2 is 1. The Labute approximate surface area is 107 Å². The maximum absolute atomic E-state index is 11.5. The number of carbonyl (C=O) groups excluding carboxylic acids is 1. The molecule has 1 saturated carbocycles. The van der Waals surface area contributed by atoms with Crippen molar-refractivity contribution < 1.29 is 25.2 Å². The van der Waals surface area contributed by atoms with Gasteiger partial charge in [0.1, 0.15) is 24.4 Å². The fourth-order valence-electron chi connectivity index (χ4n) is 1.68. The molecule has 2 amide bonds. The average Bonchev–Trinajstić information content (AvgIpc) is 2.53. The Balaban J connectivity index is 2.66. The highest BCUT2D eigenvalue weighted by atomic mass is 35.5. The van der Waals surface area contributed by atoms with Crippen LogP contribution >= 0.6 is 11.6 Å². The van der Waals surface area contributed by atoms with Crippen molar-refractivity contribution in [2.75, 3.05) is 12.4 Å². The lowest BCUT2D eigenvalue weighted by atomic mass is 10.2. The van der Waals surface area contributed by atoms with Crippen LogP contribution in [0.15, 0.2) is 5.29 Å². The van der Waals surface area contributed by atoms with E-state index in [0.29, 0.717) is 5.01 Å². The van der Waals surface area contributed by atoms with Gasteiger partial charge in [-0.3, -0.25) is 0 Å². The molecule has 0 heterocycles. The monoisotopic (exact) mass is 283 g/mol. The van der Waals surface area contributed by atoms with Crippen molar-refractivity contribution in [3.8, 4) is 0 Å². The van der Waals surface area contributed by atoms with Crippen LogP contribution in [-0.2, 0) is 0 Å². The van der Waals surface area contributed by atoms with Gasteiger partial charge in [-0.1, -0.05) is 0 Å². The highest BCUT2D eigenvalue weighted by Gasteiger charge is 2.49. The van der Waals surface area contributed by atoms with E-state index in [-0.39, 0.29) is 12.4 Å². The van der Waals surface area contributed by atoms with Crippen LogP contribution in [0.1, 0.15) is 0 Å². The van der Waals surface area contributed by atoms with Gasteiger partial charge in [0.15, 0.2) is 0 Å². The minimum absolute atomic E-state index is 0.0276. The third-order valence-corrected chi connectivity index (χ3v) is 2.87. The van der Waals surface area contributed by atoms with E-state index < -0.39 is 36.5 Å². The molecule has 0 aromatic heterocycles. The molecular weight excluding hydrogens is 270 g/mol. The topological polar surface area (TPSA) is 143 Å². The summed E-state index contributed by atoms with van der Waals surface area (Å²) in [4.78, 5) is 21.8. The van der Waals surface area contributed by atoms with Gasteiger partial charge in [-0.15, -0.1) is 16.5 Å². The Bertz CT molecular complexity index is 305. The number of hydrogen-bond acceptors (Lipinski definition) is 7. The molecule has 5 atom stereocenters. The molecule has 1 rings (SSSR count). The number of aliphatic hydroxyl groups excluding tert-OH is 4. The second-order valence-corrected chi connectivity index (χ2v) is 4.21. The molecule has 0 aromatic rings. The summed E-state index contributed by atoms with van der Waals surface area (Å²) in [6.45, 7) is -0.152. The number of carbonyl (C=O) groups is 1. The molecule has 1 aliphatic rings. The summed E-state index contributed by atoms with van der Waals surface area (Å²) in [5.74, 6) is -0.0276. The van der Waals surface area contributed by atoms with E-state index in [2.05, 4.69) is 10.6 Å². The van der Waals surface area contributed by atoms with E-state index >= 15 is 0 Å². The zero-order valence-electron chi connectivity index (χ0n) is 9.18. The summed E-state index contributed by atoms with van der Waals surface area (Å²) < 4.78 is 0. The Hall–Kier alpha value is -1.00. The number of amides is 2. The number of halogens is 1. The van der Waals surface area contributed by atoms with Crippen LogP contribution < -0.4 is 5.32 Å². The van der Waals surface area contributed by atoms with Gasteiger partial charge in [0.05, 0.1) is 17.9 Å². The minimum Gasteiger partial charge on any atom is -0.388 e. The lowest BCUT2D eigenvalue weighted by Gasteiger charge is -2.22. The number of urea groups is 1. The summed E-state index contributed by atoms with van der Waals surface area (Å²) >= 11 is 5.34. The van der Waals surface area contributed by atoms with E-state index in [1.54, 1.807) is 0 Å². The summed E-state index contributed by atoms with van der Waals surface area (Å²) in [6, 6.07) is -2.29. The van der Waals surface area contributed by atoms with E-state index in [1.807, 2.05) is 0 Å². The first-order valence-electron chi connectivity index (χ1n) is 5.13. The minimum atomic E-state index is -1.59. The van der Waals surface area contributed by atoms with Gasteiger partial charge < -0.3 is 25.7 Å². The molecule has 0 bridgehead atoms. The van der Waals surface area contributed by atoms with Crippen molar-refractivity contribution in [3.63, 3.8) is 0 Å². The van der Waals surface area contributed by atoms with Crippen molar-refractivity contribution in [1.29, 1.82) is 0 Å². The van der Waals surface area contributed by atoms with Gasteiger partial charge in [-0.05, 0) is 0 Å². The maximum Gasteiger partial charge on any atom is 0.340 e. The summed E-state index contributed by atoms with van der Waals surface area (Å²) in [7, 11) is 0. The highest BCUT2D eigenvalue weighted by Crippen LogP contribution is 2.21. The summed E-state index contributed by atoms with van der Waals surface area (Å²) in [5.41, 5.74) is 0. The molecule has 5 N–H and O–H groups in total. The highest BCUT2D eigenvalue weighted by molar-refractivity contribution is 6.18. The molecule has 0 spiro atoms. The first kappa shape index (κ1) is 15.1. The predicted octanol–water partition coefficient (Wildman–Crippen LogP) is -2.26. The first-order valence-corrected chi connectivity index (χ1v) is 5.67. The van der Waals surface area contributed by atoms with Crippen LogP contribution in [0.4, 0.5) is 4.79 Å². The van der Waals surface area contributed by atoms with E-state index in [9.17, 15) is 30.1 Å². The smallest absolute Gasteiger partial charge is 0.340 e. The van der Waals surface area contributed by atoms with Crippen LogP contribution in [0.3, 0.4) is 0 Å². The van der Waals surface area contributed by atoms with Crippen LogP contribution in [0.5, 0.6) is 0 Å². The zero-order valence-corrected chi connectivity index (χ0v) is 9.93. The van der Waals surface area contributed by atoms with Gasteiger partial charge in [0.25, 0.3) is 0 Å². The third-order valence-electron chi connectivity index (χ3n) is 2.71. The number of hydrogen-bond donors (Lipinski definition) is 5. The molecule has 10 heteroatoms. The van der Waals surface area contributed by atoms with Gasteiger partial charge in [0, 0.05) is 5.88 Å². The van der Waals surface area contributed by atoms with Gasteiger partial charge >= 0.3 is 6.03 Å². The Morgan fingerprint density at radius 3 is 2.06 bits per heavy atom. The van der Waals surface area contributed by atoms with Crippen LogP contribution in [0.2, 0.25) is 0 Å². The third kappa shape index (κ3) is 2.87. The lowest BCUT2D eigenvalue weighted by Crippen LogP contribution is -2.51. The van der Waals surface area contributed by atoms with Gasteiger partial charge in [-0.25, -0.2) is 4.79 Å². The van der Waals surface area contributed by atoms with E-state index in [0.717, 1.165) is 0 Å². The molecule has 0 aromatic carbocycles. The normalized spacial score (nSPS) is 35.3. The molecule has 0 radical (unpaired) electrons. The van der Waals surface area contributed by atoms with E-state index in [1.165, 1.54) is 0 Å². The largest absolute Gasteiger partial charge is 0.388 e. The van der Waals surface area contributed by atoms with Crippen LogP contribution in [-0.4, -0.2) is 74.3 Å². The summed E-state index contributed by atoms with van der Waals surface area (Å²) in [5, 5.41) is 42.5. The molecule has 1 unspecified atom stereocenters. The van der Waals surface area contributed by atoms with E-state index in [4.69, 9.17) is 11.6 Å². The predicted molar refractivity (Wildman–Crippen MR) is 59.6 cm³/mol. The average molecular weight is 284 g/mol. The van der Waals surface area contributed by atoms with Crippen molar-refractivity contribution in [1.82, 2.24) is 10.3 Å². The fourth-order valence-corrected chi connectivity index (χ4v) is 1.84. The molecule has 1 aliphatic carbocycles. The fraction of sp³-hybridized carbons (Fsp3) is 0.875. The molecule has 9 nitrogen and oxygen atoms in total. The molecule has 104 valence electrons. The number of nitrogens with one attached hydrogen (secondary N) is 1. The second-order valence-electron chi connectivity index (χ2n) is 3.83. The standard InChI is InChI=1S/C8H14ClN3O6/c9-1-2-12(11-18)8(17)10-3-4(13)6(15)7(16)5(3)14/h3-7,13-16H,1-2H2,(H,10,17)/t3?,4-,5+,6+,7-. The maximum atomic E-state index is 11.5. The number of aliphatic hydroxyl groups is 4. The number of alkyl halides is 1. The van der Waals surface area contributed by atoms with Crippen LogP contribution in [0, 0.1) is 4.91 Å². The Morgan fingerprint density at radius 1 is 1.17 bits per heavy atom. The lowest BCUT2D eigenvalue weighted by molar-refractivity contribution is -0.0413. The van der Waals surface area contributed by atoms with Gasteiger partial charge in [0.2, 0.25) is 0 Å². The SMILES string of the molecule is O=NN(CCCl)C(=O)NC1[C@@H](O)[C@H](O)[C@H](O)[C@H]1O. The van der Waals surface area contributed by atoms with Crippen LogP contribution in [0.25, 0.3) is 0 Å². The number of nitrogens with zero attached hydrogens (tertiary/aromatic N) is 2. The number of rotatable bonds is 4. The molecule has 0 aliphatic heterocycles. The first-order chi connectivity index (χ1) is 8.43. The van der Waals surface area contributed by atoms with Crippen molar-refractivity contribution >= 4 is 17.6 Å². The van der Waals surface area contributed by atoms with Crippen molar-refractivity contribution in [2.24, 2.45) is 5.29 Å². The molecule has 1 fully saturated rings. The Kier molecular flexibility index (Phi) is 5.23. The Morgan fingerprint density at radius 2 is 1.67 bits per heavy atom. The summed E-state index contributed by atoms with van der Waals surface area (Å²) in [6.07, 6.45) is -6.28. The molecule has 0 saturated heterocycles. The zero-order chi connectivity index (χ0) is 13.9. The van der Waals surface area contributed by atoms with Gasteiger partial charge in [-0.2, -0.15) is 5.01 Å². The van der Waals surface area contributed by atoms with Crippen molar-refractivity contribution in [3.05, 3.63) is 4.91 Å². The quantitative estimate of drug-likeness (QED) is 0.224.